The van der Waals surface area contributed by atoms with Crippen LogP contribution in [0.4, 0.5) is 5.69 Å². The number of carbonyl (C=O) groups is 2. The molecule has 1 saturated carbocycles. The van der Waals surface area contributed by atoms with E-state index in [-0.39, 0.29) is 35.3 Å². The molecule has 6 N–H and O–H groups in total. The molecule has 34 heavy (non-hydrogen) atoms. The van der Waals surface area contributed by atoms with Gasteiger partial charge in [0.05, 0.1) is 5.02 Å². The van der Waals surface area contributed by atoms with E-state index in [2.05, 4.69) is 5.32 Å². The number of nitrogens with zero attached hydrogens (tertiary/aromatic N) is 1. The molecule has 0 spiro atoms. The number of hydrogen-bond donors (Lipinski definition) is 4. The lowest BCUT2D eigenvalue weighted by Gasteiger charge is -2.43. The third kappa shape index (κ3) is 4.80. The standard InChI is InChI=1S/C25H30ClN5O3/c26-20-10-18(24(29)32)8-9-19(20)14-31(34)21-12-17(23(27)28)7-6-16(21)11-22(31)25(33)30-13-15-4-2-1-3-5-15/h6-10,12,15,22H,1-5,11,13-14H2,(H3,27,28)(H2,29,32)(H,30,33). The van der Waals surface area contributed by atoms with Gasteiger partial charge >= 0.3 is 0 Å². The summed E-state index contributed by atoms with van der Waals surface area (Å²) in [5.41, 5.74) is 13.3. The van der Waals surface area contributed by atoms with E-state index in [9.17, 15) is 14.8 Å². The van der Waals surface area contributed by atoms with Crippen LogP contribution in [-0.4, -0.2) is 30.2 Å². The number of hydrogen-bond acceptors (Lipinski definition) is 4. The van der Waals surface area contributed by atoms with Gasteiger partial charge in [0.1, 0.15) is 18.1 Å². The predicted octanol–water partition coefficient (Wildman–Crippen LogP) is 3.35. The minimum Gasteiger partial charge on any atom is -0.627 e. The lowest BCUT2D eigenvalue weighted by Crippen LogP contribution is -2.56. The molecule has 2 aliphatic rings. The number of rotatable bonds is 7. The number of primary amides is 1. The van der Waals surface area contributed by atoms with Gasteiger partial charge in [0.25, 0.3) is 5.91 Å². The van der Waals surface area contributed by atoms with Crippen LogP contribution in [0.25, 0.3) is 0 Å². The molecule has 2 aromatic carbocycles. The first-order chi connectivity index (χ1) is 16.2. The summed E-state index contributed by atoms with van der Waals surface area (Å²) in [4.78, 5) is 24.8. The number of nitrogen functional groups attached to an aromatic ring is 1. The molecule has 9 heteroatoms. The van der Waals surface area contributed by atoms with Crippen LogP contribution in [-0.2, 0) is 17.8 Å². The van der Waals surface area contributed by atoms with Crippen molar-refractivity contribution in [1.82, 2.24) is 9.96 Å². The van der Waals surface area contributed by atoms with Crippen LogP contribution in [0.3, 0.4) is 0 Å². The van der Waals surface area contributed by atoms with Gasteiger partial charge in [-0.15, -0.1) is 0 Å². The first kappa shape index (κ1) is 24.2. The molecule has 180 valence electrons. The summed E-state index contributed by atoms with van der Waals surface area (Å²) in [7, 11) is 0. The zero-order valence-corrected chi connectivity index (χ0v) is 19.7. The highest BCUT2D eigenvalue weighted by Crippen LogP contribution is 2.41. The molecule has 0 saturated heterocycles. The Morgan fingerprint density at radius 1 is 1.09 bits per heavy atom. The summed E-state index contributed by atoms with van der Waals surface area (Å²) in [6, 6.07) is 8.73. The lowest BCUT2D eigenvalue weighted by atomic mass is 9.89. The van der Waals surface area contributed by atoms with Crippen LogP contribution < -0.4 is 21.4 Å². The number of hydroxylamine groups is 2. The molecule has 8 nitrogen and oxygen atoms in total. The molecular formula is C25H30ClN5O3. The fourth-order valence-corrected chi connectivity index (χ4v) is 5.33. The van der Waals surface area contributed by atoms with Gasteiger partial charge in [-0.05, 0) is 30.9 Å². The summed E-state index contributed by atoms with van der Waals surface area (Å²) >= 11 is 6.40. The number of nitrogens with one attached hydrogen (secondary N) is 2. The Morgan fingerprint density at radius 2 is 1.79 bits per heavy atom. The normalized spacial score (nSPS) is 22.2. The maximum atomic E-state index is 14.5. The predicted molar refractivity (Wildman–Crippen MR) is 133 cm³/mol. The van der Waals surface area contributed by atoms with Crippen molar-refractivity contribution in [1.29, 1.82) is 5.41 Å². The van der Waals surface area contributed by atoms with E-state index < -0.39 is 16.6 Å². The van der Waals surface area contributed by atoms with Crippen molar-refractivity contribution in [2.45, 2.75) is 51.1 Å². The first-order valence-corrected chi connectivity index (χ1v) is 12.0. The van der Waals surface area contributed by atoms with Crippen molar-refractivity contribution in [3.63, 3.8) is 0 Å². The molecule has 1 fully saturated rings. The lowest BCUT2D eigenvalue weighted by molar-refractivity contribution is -0.125. The van der Waals surface area contributed by atoms with Gasteiger partial charge in [-0.3, -0.25) is 15.0 Å². The third-order valence-electron chi connectivity index (χ3n) is 7.06. The Bertz CT molecular complexity index is 1130. The molecule has 0 bridgehead atoms. The van der Waals surface area contributed by atoms with E-state index in [0.717, 1.165) is 18.4 Å². The number of amidine groups is 1. The highest BCUT2D eigenvalue weighted by molar-refractivity contribution is 6.31. The van der Waals surface area contributed by atoms with E-state index in [1.165, 1.54) is 31.4 Å². The Kier molecular flexibility index (Phi) is 6.93. The van der Waals surface area contributed by atoms with Crippen molar-refractivity contribution >= 4 is 34.9 Å². The molecule has 0 aromatic heterocycles. The van der Waals surface area contributed by atoms with Crippen molar-refractivity contribution in [3.05, 3.63) is 68.9 Å². The second kappa shape index (κ2) is 9.74. The zero-order valence-electron chi connectivity index (χ0n) is 19.0. The maximum absolute atomic E-state index is 14.5. The molecule has 4 rings (SSSR count). The highest BCUT2D eigenvalue weighted by Gasteiger charge is 2.45. The fraction of sp³-hybridized carbons (Fsp3) is 0.400. The topological polar surface area (TPSA) is 145 Å². The van der Waals surface area contributed by atoms with E-state index in [0.29, 0.717) is 29.3 Å². The second-order valence-electron chi connectivity index (χ2n) is 9.35. The van der Waals surface area contributed by atoms with Crippen molar-refractivity contribution in [2.75, 3.05) is 6.54 Å². The second-order valence-corrected chi connectivity index (χ2v) is 9.76. The Labute approximate surface area is 203 Å². The van der Waals surface area contributed by atoms with E-state index >= 15 is 0 Å². The van der Waals surface area contributed by atoms with E-state index in [1.807, 2.05) is 0 Å². The third-order valence-corrected chi connectivity index (χ3v) is 7.41. The molecule has 1 aliphatic carbocycles. The molecule has 2 aromatic rings. The number of quaternary nitrogens is 1. The van der Waals surface area contributed by atoms with E-state index in [4.69, 9.17) is 28.5 Å². The number of fused-ring (bicyclic) bond motifs is 1. The molecule has 0 radical (unpaired) electrons. The largest absolute Gasteiger partial charge is 0.627 e. The van der Waals surface area contributed by atoms with Gasteiger partial charge < -0.3 is 26.6 Å². The molecule has 1 aliphatic heterocycles. The van der Waals surface area contributed by atoms with Gasteiger partial charge in [-0.1, -0.05) is 49.1 Å². The number of benzene rings is 2. The number of nitrogens with two attached hydrogens (primary N) is 2. The molecule has 2 atom stereocenters. The Morgan fingerprint density at radius 3 is 2.44 bits per heavy atom. The average molecular weight is 484 g/mol. The molecule has 1 heterocycles. The summed E-state index contributed by atoms with van der Waals surface area (Å²) < 4.78 is -0.942. The maximum Gasteiger partial charge on any atom is 0.279 e. The molecule has 2 amide bonds. The number of halogens is 1. The van der Waals surface area contributed by atoms with Crippen molar-refractivity contribution in [3.8, 4) is 0 Å². The Balaban J connectivity index is 1.65. The number of amides is 2. The smallest absolute Gasteiger partial charge is 0.279 e. The summed E-state index contributed by atoms with van der Waals surface area (Å²) in [6.07, 6.45) is 6.04. The summed E-state index contributed by atoms with van der Waals surface area (Å²) in [6.45, 7) is 0.464. The minimum atomic E-state index is -0.942. The molecular weight excluding hydrogens is 454 g/mol. The average Bonchev–Trinajstić information content (AvgIpc) is 3.11. The monoisotopic (exact) mass is 483 g/mol. The minimum absolute atomic E-state index is 0.103. The fourth-order valence-electron chi connectivity index (χ4n) is 5.09. The van der Waals surface area contributed by atoms with E-state index in [1.54, 1.807) is 24.3 Å². The Hall–Kier alpha value is -2.94. The van der Waals surface area contributed by atoms with Crippen LogP contribution >= 0.6 is 11.6 Å². The quantitative estimate of drug-likeness (QED) is 0.207. The SMILES string of the molecule is N=C(N)c1ccc2c(c1)[N+]([O-])(Cc1ccc(C(N)=O)cc1Cl)C(C(=O)NCC1CCCCC1)C2. The van der Waals surface area contributed by atoms with Crippen molar-refractivity contribution in [2.24, 2.45) is 17.4 Å². The van der Waals surface area contributed by atoms with Crippen LogP contribution in [0.5, 0.6) is 0 Å². The van der Waals surface area contributed by atoms with Gasteiger partial charge in [0.2, 0.25) is 5.91 Å². The van der Waals surface area contributed by atoms with Gasteiger partial charge in [0, 0.05) is 41.3 Å². The van der Waals surface area contributed by atoms with Crippen LogP contribution in [0.1, 0.15) is 59.2 Å². The van der Waals surface area contributed by atoms with Crippen LogP contribution in [0.15, 0.2) is 36.4 Å². The number of carbonyl (C=O) groups excluding carboxylic acids is 2. The summed E-state index contributed by atoms with van der Waals surface area (Å²) in [5.74, 6) is -0.610. The van der Waals surface area contributed by atoms with Gasteiger partial charge in [-0.2, -0.15) is 0 Å². The van der Waals surface area contributed by atoms with Gasteiger partial charge in [0.15, 0.2) is 6.04 Å². The first-order valence-electron chi connectivity index (χ1n) is 11.6. The van der Waals surface area contributed by atoms with Gasteiger partial charge in [-0.25, -0.2) is 0 Å². The van der Waals surface area contributed by atoms with Crippen LogP contribution in [0, 0.1) is 16.5 Å². The highest BCUT2D eigenvalue weighted by atomic mass is 35.5. The van der Waals surface area contributed by atoms with Crippen molar-refractivity contribution < 1.29 is 9.59 Å². The zero-order chi connectivity index (χ0) is 24.5. The summed E-state index contributed by atoms with van der Waals surface area (Å²) in [5, 5.41) is 25.5. The molecule has 2 unspecified atom stereocenters. The van der Waals surface area contributed by atoms with Crippen LogP contribution in [0.2, 0.25) is 5.02 Å².